The molecule has 6 heteroatoms. The van der Waals surface area contributed by atoms with Crippen molar-refractivity contribution in [3.05, 3.63) is 77.9 Å². The van der Waals surface area contributed by atoms with Gasteiger partial charge in [0.1, 0.15) is 0 Å². The lowest BCUT2D eigenvalue weighted by Gasteiger charge is -2.29. The lowest BCUT2D eigenvalue weighted by molar-refractivity contribution is -0.129. The number of anilines is 1. The van der Waals surface area contributed by atoms with Crippen LogP contribution in [0.25, 0.3) is 10.8 Å². The number of rotatable bonds is 13. The molecule has 3 aromatic carbocycles. The Labute approximate surface area is 221 Å². The smallest absolute Gasteiger partial charge is 0.243 e. The van der Waals surface area contributed by atoms with Gasteiger partial charge < -0.3 is 4.90 Å². The van der Waals surface area contributed by atoms with E-state index in [2.05, 4.69) is 95.5 Å². The number of hydrogen-bond donors (Lipinski definition) is 2. The molecule has 0 aliphatic carbocycles. The molecule has 0 spiro atoms. The highest BCUT2D eigenvalue weighted by Gasteiger charge is 2.27. The zero-order chi connectivity index (χ0) is 26.0. The summed E-state index contributed by atoms with van der Waals surface area (Å²) >= 11 is 0. The minimum Gasteiger partial charge on any atom is -0.378 e. The van der Waals surface area contributed by atoms with Gasteiger partial charge >= 0.3 is 0 Å². The summed E-state index contributed by atoms with van der Waals surface area (Å²) in [5.41, 5.74) is 5.76. The molecule has 1 saturated heterocycles. The predicted octanol–water partition coefficient (Wildman–Crippen LogP) is 5.09. The van der Waals surface area contributed by atoms with Crippen molar-refractivity contribution in [2.45, 2.75) is 51.1 Å². The van der Waals surface area contributed by atoms with Crippen LogP contribution in [0.3, 0.4) is 0 Å². The SMILES string of the molecule is CN(C)c1ccc(CN2CCC(N(CCCCCC(=O)NO)CCc3cccc4ccccc34)C2)cc1. The van der Waals surface area contributed by atoms with Crippen molar-refractivity contribution in [2.75, 3.05) is 45.2 Å². The Morgan fingerprint density at radius 2 is 1.76 bits per heavy atom. The molecule has 1 aliphatic heterocycles. The molecule has 1 amide bonds. The minimum atomic E-state index is -0.294. The molecule has 1 unspecified atom stereocenters. The maximum atomic E-state index is 11.3. The average Bonchev–Trinajstić information content (AvgIpc) is 3.38. The summed E-state index contributed by atoms with van der Waals surface area (Å²) < 4.78 is 0. The van der Waals surface area contributed by atoms with E-state index in [4.69, 9.17) is 5.21 Å². The van der Waals surface area contributed by atoms with E-state index in [-0.39, 0.29) is 5.91 Å². The Bertz CT molecular complexity index is 1130. The third-order valence-corrected chi connectivity index (χ3v) is 7.64. The van der Waals surface area contributed by atoms with Gasteiger partial charge in [-0.25, -0.2) is 5.48 Å². The van der Waals surface area contributed by atoms with Crippen LogP contribution in [0.1, 0.15) is 43.2 Å². The largest absolute Gasteiger partial charge is 0.378 e. The number of benzene rings is 3. The van der Waals surface area contributed by atoms with E-state index in [0.29, 0.717) is 12.5 Å². The maximum Gasteiger partial charge on any atom is 0.243 e. The van der Waals surface area contributed by atoms with Crippen LogP contribution in [0, 0.1) is 0 Å². The highest BCUT2D eigenvalue weighted by atomic mass is 16.5. The van der Waals surface area contributed by atoms with Gasteiger partial charge in [-0.2, -0.15) is 0 Å². The van der Waals surface area contributed by atoms with Gasteiger partial charge in [-0.1, -0.05) is 61.0 Å². The van der Waals surface area contributed by atoms with E-state index in [1.165, 1.54) is 34.0 Å². The summed E-state index contributed by atoms with van der Waals surface area (Å²) in [5, 5.41) is 11.4. The van der Waals surface area contributed by atoms with Crippen LogP contribution >= 0.6 is 0 Å². The van der Waals surface area contributed by atoms with Crippen molar-refractivity contribution in [2.24, 2.45) is 0 Å². The summed E-state index contributed by atoms with van der Waals surface area (Å²) in [6.45, 7) is 5.31. The maximum absolute atomic E-state index is 11.3. The number of likely N-dealkylation sites (tertiary alicyclic amines) is 1. The first-order chi connectivity index (χ1) is 18.0. The fraction of sp³-hybridized carbons (Fsp3) is 0.452. The summed E-state index contributed by atoms with van der Waals surface area (Å²) in [4.78, 5) is 18.8. The second-order valence-corrected chi connectivity index (χ2v) is 10.5. The molecular weight excluding hydrogens is 460 g/mol. The van der Waals surface area contributed by atoms with Gasteiger partial charge in [-0.3, -0.25) is 19.8 Å². The quantitative estimate of drug-likeness (QED) is 0.194. The molecule has 1 fully saturated rings. The third-order valence-electron chi connectivity index (χ3n) is 7.64. The Balaban J connectivity index is 1.36. The standard InChI is InChI=1S/C31H42N4O2/c1-33(2)28-16-14-25(15-17-28)23-34-21-19-29(24-34)35(20-7-3-4-13-31(36)32-37)22-18-27-11-8-10-26-9-5-6-12-30(26)27/h5-6,8-12,14-17,29,37H,3-4,7,13,18-24H2,1-2H3,(H,32,36). The second kappa shape index (κ2) is 13.6. The third kappa shape index (κ3) is 7.78. The summed E-state index contributed by atoms with van der Waals surface area (Å²) in [7, 11) is 4.16. The summed E-state index contributed by atoms with van der Waals surface area (Å²) in [6.07, 6.45) is 5.48. The average molecular weight is 503 g/mol. The lowest BCUT2D eigenvalue weighted by atomic mass is 10.0. The van der Waals surface area contributed by atoms with Gasteiger partial charge in [0.15, 0.2) is 0 Å². The minimum absolute atomic E-state index is 0.294. The van der Waals surface area contributed by atoms with Crippen molar-refractivity contribution in [1.29, 1.82) is 0 Å². The monoisotopic (exact) mass is 502 g/mol. The first-order valence-electron chi connectivity index (χ1n) is 13.7. The molecule has 0 saturated carbocycles. The molecule has 37 heavy (non-hydrogen) atoms. The first kappa shape index (κ1) is 27.1. The van der Waals surface area contributed by atoms with Gasteiger partial charge in [0.2, 0.25) is 5.91 Å². The Morgan fingerprint density at radius 3 is 2.54 bits per heavy atom. The number of nitrogens with one attached hydrogen (secondary N) is 1. The van der Waals surface area contributed by atoms with E-state index in [1.807, 2.05) is 0 Å². The van der Waals surface area contributed by atoms with Crippen LogP contribution in [-0.2, 0) is 17.8 Å². The van der Waals surface area contributed by atoms with Crippen molar-refractivity contribution in [1.82, 2.24) is 15.3 Å². The summed E-state index contributed by atoms with van der Waals surface area (Å²) in [5.74, 6) is -0.294. The van der Waals surface area contributed by atoms with Gasteiger partial charge in [-0.05, 0) is 66.3 Å². The Kier molecular flexibility index (Phi) is 9.94. The number of carbonyl (C=O) groups excluding carboxylic acids is 1. The molecular formula is C31H42N4O2. The van der Waals surface area contributed by atoms with Gasteiger partial charge in [0.05, 0.1) is 0 Å². The number of unbranched alkanes of at least 4 members (excludes halogenated alkanes) is 2. The molecule has 1 heterocycles. The highest BCUT2D eigenvalue weighted by Crippen LogP contribution is 2.23. The van der Waals surface area contributed by atoms with Crippen LogP contribution in [0.15, 0.2) is 66.7 Å². The lowest BCUT2D eigenvalue weighted by Crippen LogP contribution is -2.39. The number of amides is 1. The van der Waals surface area contributed by atoms with E-state index < -0.39 is 0 Å². The van der Waals surface area contributed by atoms with Gasteiger partial charge in [-0.15, -0.1) is 0 Å². The number of fused-ring (bicyclic) bond motifs is 1. The van der Waals surface area contributed by atoms with Crippen LogP contribution in [0.5, 0.6) is 0 Å². The van der Waals surface area contributed by atoms with E-state index in [9.17, 15) is 4.79 Å². The van der Waals surface area contributed by atoms with Crippen molar-refractivity contribution in [3.63, 3.8) is 0 Å². The topological polar surface area (TPSA) is 59.0 Å². The number of carbonyl (C=O) groups is 1. The van der Waals surface area contributed by atoms with E-state index in [1.54, 1.807) is 5.48 Å². The molecule has 198 valence electrons. The van der Waals surface area contributed by atoms with Crippen molar-refractivity contribution >= 4 is 22.4 Å². The second-order valence-electron chi connectivity index (χ2n) is 10.5. The molecule has 1 aliphatic rings. The predicted molar refractivity (Wildman–Crippen MR) is 152 cm³/mol. The van der Waals surface area contributed by atoms with E-state index in [0.717, 1.165) is 58.4 Å². The zero-order valence-corrected chi connectivity index (χ0v) is 22.4. The molecule has 6 nitrogen and oxygen atoms in total. The Hall–Kier alpha value is -2.93. The Morgan fingerprint density at radius 1 is 0.973 bits per heavy atom. The fourth-order valence-electron chi connectivity index (χ4n) is 5.50. The number of hydroxylamine groups is 1. The number of nitrogens with zero attached hydrogens (tertiary/aromatic N) is 3. The molecule has 2 N–H and O–H groups in total. The van der Waals surface area contributed by atoms with Gasteiger partial charge in [0, 0.05) is 58.4 Å². The molecule has 1 atom stereocenters. The van der Waals surface area contributed by atoms with Gasteiger partial charge in [0.25, 0.3) is 0 Å². The fourth-order valence-corrected chi connectivity index (χ4v) is 5.50. The van der Waals surface area contributed by atoms with Crippen LogP contribution in [-0.4, -0.2) is 67.2 Å². The molecule has 4 rings (SSSR count). The zero-order valence-electron chi connectivity index (χ0n) is 22.4. The normalized spacial score (nSPS) is 15.9. The molecule has 0 bridgehead atoms. The van der Waals surface area contributed by atoms with Crippen LogP contribution < -0.4 is 10.4 Å². The van der Waals surface area contributed by atoms with Crippen molar-refractivity contribution in [3.8, 4) is 0 Å². The molecule has 0 aromatic heterocycles. The summed E-state index contributed by atoms with van der Waals surface area (Å²) in [6, 6.07) is 24.8. The van der Waals surface area contributed by atoms with E-state index >= 15 is 0 Å². The first-order valence-corrected chi connectivity index (χ1v) is 13.7. The van der Waals surface area contributed by atoms with Crippen LogP contribution in [0.4, 0.5) is 5.69 Å². The molecule has 3 aromatic rings. The number of hydrogen-bond acceptors (Lipinski definition) is 5. The molecule has 0 radical (unpaired) electrons. The van der Waals surface area contributed by atoms with Crippen molar-refractivity contribution < 1.29 is 10.0 Å². The highest BCUT2D eigenvalue weighted by molar-refractivity contribution is 5.85. The van der Waals surface area contributed by atoms with Crippen LogP contribution in [0.2, 0.25) is 0 Å².